The standard InChI is InChI=1S/C6H12O5/c1-3(8)5(10)6(11)4(9)2-7/h2-3,5-11H,1H3/b4-2-. The molecule has 0 heterocycles. The van der Waals surface area contributed by atoms with Crippen molar-refractivity contribution in [3.8, 4) is 0 Å². The van der Waals surface area contributed by atoms with Crippen LogP contribution in [0, 0.1) is 0 Å². The first-order chi connectivity index (χ1) is 5.00. The molecule has 5 N–H and O–H groups in total. The van der Waals surface area contributed by atoms with E-state index in [2.05, 4.69) is 0 Å². The lowest BCUT2D eigenvalue weighted by Gasteiger charge is -2.18. The molecule has 0 rings (SSSR count). The number of aliphatic hydroxyl groups is 5. The van der Waals surface area contributed by atoms with Gasteiger partial charge >= 0.3 is 0 Å². The summed E-state index contributed by atoms with van der Waals surface area (Å²) in [5, 5.41) is 43.3. The third-order valence-corrected chi connectivity index (χ3v) is 1.25. The molecule has 0 aromatic carbocycles. The average Bonchev–Trinajstić information content (AvgIpc) is 2.00. The van der Waals surface area contributed by atoms with Crippen molar-refractivity contribution in [3.05, 3.63) is 12.0 Å². The highest BCUT2D eigenvalue weighted by molar-refractivity contribution is 4.97. The second kappa shape index (κ2) is 4.17. The van der Waals surface area contributed by atoms with Gasteiger partial charge in [0.1, 0.15) is 18.5 Å². The Bertz CT molecular complexity index is 142. The zero-order valence-electron chi connectivity index (χ0n) is 6.05. The Morgan fingerprint density at radius 3 is 2.00 bits per heavy atom. The molecule has 66 valence electrons. The SMILES string of the molecule is CC(O)C(O)C(O)/C(O)=C/O. The first kappa shape index (κ1) is 10.2. The predicted octanol–water partition coefficient (Wildman–Crippen LogP) is -0.954. The van der Waals surface area contributed by atoms with Crippen molar-refractivity contribution in [3.63, 3.8) is 0 Å². The fraction of sp³-hybridized carbons (Fsp3) is 0.667. The highest BCUT2D eigenvalue weighted by Crippen LogP contribution is 2.06. The van der Waals surface area contributed by atoms with Crippen LogP contribution in [-0.2, 0) is 0 Å². The van der Waals surface area contributed by atoms with Gasteiger partial charge in [0.15, 0.2) is 5.76 Å². The summed E-state index contributed by atoms with van der Waals surface area (Å²) in [5.74, 6) is -0.779. The molecule has 3 atom stereocenters. The van der Waals surface area contributed by atoms with Gasteiger partial charge in [0, 0.05) is 0 Å². The van der Waals surface area contributed by atoms with E-state index in [0.29, 0.717) is 0 Å². The van der Waals surface area contributed by atoms with Gasteiger partial charge in [-0.05, 0) is 6.92 Å². The Kier molecular flexibility index (Phi) is 3.88. The van der Waals surface area contributed by atoms with Crippen LogP contribution in [0.4, 0.5) is 0 Å². The summed E-state index contributed by atoms with van der Waals surface area (Å²) < 4.78 is 0. The van der Waals surface area contributed by atoms with Gasteiger partial charge in [0.2, 0.25) is 0 Å². The molecule has 0 saturated heterocycles. The van der Waals surface area contributed by atoms with Crippen molar-refractivity contribution in [1.82, 2.24) is 0 Å². The van der Waals surface area contributed by atoms with Gasteiger partial charge in [-0.25, -0.2) is 0 Å². The fourth-order valence-corrected chi connectivity index (χ4v) is 0.515. The fourth-order valence-electron chi connectivity index (χ4n) is 0.515. The maximum Gasteiger partial charge on any atom is 0.158 e. The average molecular weight is 164 g/mol. The van der Waals surface area contributed by atoms with Crippen LogP contribution in [0.1, 0.15) is 6.92 Å². The molecule has 0 radical (unpaired) electrons. The zero-order valence-corrected chi connectivity index (χ0v) is 6.05. The first-order valence-electron chi connectivity index (χ1n) is 3.08. The molecule has 0 spiro atoms. The van der Waals surface area contributed by atoms with Crippen LogP contribution in [0.5, 0.6) is 0 Å². The van der Waals surface area contributed by atoms with E-state index in [1.807, 2.05) is 0 Å². The molecule has 0 fully saturated rings. The van der Waals surface area contributed by atoms with E-state index in [0.717, 1.165) is 0 Å². The maximum absolute atomic E-state index is 8.88. The van der Waals surface area contributed by atoms with E-state index in [9.17, 15) is 0 Å². The number of rotatable bonds is 3. The van der Waals surface area contributed by atoms with Crippen LogP contribution < -0.4 is 0 Å². The molecule has 0 saturated carbocycles. The summed E-state index contributed by atoms with van der Waals surface area (Å²) in [5.41, 5.74) is 0. The van der Waals surface area contributed by atoms with Gasteiger partial charge in [0.25, 0.3) is 0 Å². The molecule has 0 aromatic heterocycles. The molecule has 0 aromatic rings. The smallest absolute Gasteiger partial charge is 0.158 e. The lowest BCUT2D eigenvalue weighted by molar-refractivity contribution is -0.0511. The van der Waals surface area contributed by atoms with E-state index in [1.54, 1.807) is 0 Å². The largest absolute Gasteiger partial charge is 0.512 e. The Balaban J connectivity index is 4.13. The highest BCUT2D eigenvalue weighted by atomic mass is 16.4. The first-order valence-corrected chi connectivity index (χ1v) is 3.08. The Morgan fingerprint density at radius 1 is 1.27 bits per heavy atom. The predicted molar refractivity (Wildman–Crippen MR) is 37.0 cm³/mol. The van der Waals surface area contributed by atoms with Crippen molar-refractivity contribution in [1.29, 1.82) is 0 Å². The summed E-state index contributed by atoms with van der Waals surface area (Å²) in [7, 11) is 0. The van der Waals surface area contributed by atoms with Crippen LogP contribution >= 0.6 is 0 Å². The maximum atomic E-state index is 8.88. The third kappa shape index (κ3) is 2.75. The number of hydrogen-bond acceptors (Lipinski definition) is 5. The van der Waals surface area contributed by atoms with Crippen molar-refractivity contribution in [2.75, 3.05) is 0 Å². The van der Waals surface area contributed by atoms with Gasteiger partial charge < -0.3 is 25.5 Å². The van der Waals surface area contributed by atoms with Gasteiger partial charge in [0.05, 0.1) is 6.10 Å². The topological polar surface area (TPSA) is 101 Å². The van der Waals surface area contributed by atoms with Crippen molar-refractivity contribution in [2.45, 2.75) is 25.2 Å². The molecule has 11 heavy (non-hydrogen) atoms. The minimum Gasteiger partial charge on any atom is -0.512 e. The van der Waals surface area contributed by atoms with Gasteiger partial charge in [-0.1, -0.05) is 0 Å². The molecule has 0 amide bonds. The van der Waals surface area contributed by atoms with E-state index in [-0.39, 0.29) is 6.26 Å². The summed E-state index contributed by atoms with van der Waals surface area (Å²) >= 11 is 0. The third-order valence-electron chi connectivity index (χ3n) is 1.25. The van der Waals surface area contributed by atoms with Crippen LogP contribution in [0.3, 0.4) is 0 Å². The minimum absolute atomic E-state index is 0.260. The van der Waals surface area contributed by atoms with Crippen molar-refractivity contribution >= 4 is 0 Å². The molecule has 5 nitrogen and oxygen atoms in total. The van der Waals surface area contributed by atoms with Gasteiger partial charge in [-0.15, -0.1) is 0 Å². The van der Waals surface area contributed by atoms with Crippen molar-refractivity contribution in [2.24, 2.45) is 0 Å². The molecule has 0 aliphatic heterocycles. The summed E-state index contributed by atoms with van der Waals surface area (Å²) in [6.45, 7) is 1.25. The number of aliphatic hydroxyl groups excluding tert-OH is 5. The molecule has 0 aliphatic rings. The normalized spacial score (nSPS) is 20.9. The van der Waals surface area contributed by atoms with Crippen LogP contribution in [0.2, 0.25) is 0 Å². The molecule has 5 heteroatoms. The van der Waals surface area contributed by atoms with Crippen molar-refractivity contribution < 1.29 is 25.5 Å². The van der Waals surface area contributed by atoms with Crippen LogP contribution in [0.25, 0.3) is 0 Å². The lowest BCUT2D eigenvalue weighted by atomic mass is 10.1. The molecule has 3 unspecified atom stereocenters. The Hall–Kier alpha value is -0.780. The highest BCUT2D eigenvalue weighted by Gasteiger charge is 2.24. The second-order valence-electron chi connectivity index (χ2n) is 2.23. The van der Waals surface area contributed by atoms with E-state index in [1.165, 1.54) is 6.92 Å². The van der Waals surface area contributed by atoms with E-state index in [4.69, 9.17) is 25.5 Å². The Morgan fingerprint density at radius 2 is 1.73 bits per heavy atom. The van der Waals surface area contributed by atoms with Gasteiger partial charge in [-0.2, -0.15) is 0 Å². The molecular weight excluding hydrogens is 152 g/mol. The van der Waals surface area contributed by atoms with E-state index >= 15 is 0 Å². The van der Waals surface area contributed by atoms with Crippen LogP contribution in [0.15, 0.2) is 12.0 Å². The Labute approximate surface area is 63.8 Å². The lowest BCUT2D eigenvalue weighted by Crippen LogP contribution is -2.36. The quantitative estimate of drug-likeness (QED) is 0.346. The summed E-state index contributed by atoms with van der Waals surface area (Å²) in [6, 6.07) is 0. The number of hydrogen-bond donors (Lipinski definition) is 5. The van der Waals surface area contributed by atoms with E-state index < -0.39 is 24.1 Å². The van der Waals surface area contributed by atoms with Gasteiger partial charge in [-0.3, -0.25) is 0 Å². The zero-order chi connectivity index (χ0) is 9.02. The summed E-state index contributed by atoms with van der Waals surface area (Å²) in [4.78, 5) is 0. The van der Waals surface area contributed by atoms with Crippen LogP contribution in [-0.4, -0.2) is 43.8 Å². The monoisotopic (exact) mass is 164 g/mol. The molecule has 0 bridgehead atoms. The molecule has 0 aliphatic carbocycles. The molecular formula is C6H12O5. The minimum atomic E-state index is -1.65. The second-order valence-corrected chi connectivity index (χ2v) is 2.23. The summed E-state index contributed by atoms with van der Waals surface area (Å²) in [6.07, 6.45) is -4.07.